The summed E-state index contributed by atoms with van der Waals surface area (Å²) < 4.78 is 5.04. The molecule has 0 saturated carbocycles. The van der Waals surface area contributed by atoms with Crippen LogP contribution >= 0.6 is 23.1 Å². The quantitative estimate of drug-likeness (QED) is 0.208. The number of rotatable bonds is 7. The molecule has 0 fully saturated rings. The third kappa shape index (κ3) is 5.79. The van der Waals surface area contributed by atoms with Crippen molar-refractivity contribution in [2.75, 3.05) is 18.2 Å². The van der Waals surface area contributed by atoms with Crippen LogP contribution in [-0.2, 0) is 35.2 Å². The van der Waals surface area contributed by atoms with Crippen LogP contribution in [0.1, 0.15) is 81.2 Å². The van der Waals surface area contributed by atoms with Crippen molar-refractivity contribution in [3.63, 3.8) is 0 Å². The van der Waals surface area contributed by atoms with Gasteiger partial charge in [0.05, 0.1) is 18.2 Å². The lowest BCUT2D eigenvalue weighted by atomic mass is 9.82. The van der Waals surface area contributed by atoms with Crippen molar-refractivity contribution in [1.82, 2.24) is 4.98 Å². The third-order valence-corrected chi connectivity index (χ3v) is 9.58. The number of methoxy groups -OCH3 is 1. The number of pyridine rings is 1. The van der Waals surface area contributed by atoms with Crippen LogP contribution in [-0.4, -0.2) is 29.7 Å². The maximum absolute atomic E-state index is 12.8. The number of esters is 1. The highest BCUT2D eigenvalue weighted by atomic mass is 32.2. The second-order valence-electron chi connectivity index (χ2n) is 9.82. The van der Waals surface area contributed by atoms with Crippen molar-refractivity contribution in [2.45, 2.75) is 68.7 Å². The lowest BCUT2D eigenvalue weighted by Crippen LogP contribution is -2.16. The maximum Gasteiger partial charge on any atom is 0.341 e. The minimum atomic E-state index is -0.388. The van der Waals surface area contributed by atoms with Crippen molar-refractivity contribution in [2.24, 2.45) is 0 Å². The number of nitriles is 1. The number of nitrogens with zero attached hydrogens (tertiary/aromatic N) is 2. The number of amides is 1. The van der Waals surface area contributed by atoms with E-state index in [2.05, 4.69) is 35.7 Å². The van der Waals surface area contributed by atoms with Gasteiger partial charge in [-0.05, 0) is 73.6 Å². The smallest absolute Gasteiger partial charge is 0.341 e. The van der Waals surface area contributed by atoms with Gasteiger partial charge in [-0.25, -0.2) is 9.78 Å². The highest BCUT2D eigenvalue weighted by Crippen LogP contribution is 2.38. The average molecular weight is 546 g/mol. The normalized spacial score (nSPS) is 16.5. The molecule has 196 valence electrons. The molecule has 6 nitrogen and oxygen atoms in total. The summed E-state index contributed by atoms with van der Waals surface area (Å²) in [6.45, 7) is 0. The predicted octanol–water partition coefficient (Wildman–Crippen LogP) is 6.46. The van der Waals surface area contributed by atoms with Crippen LogP contribution in [0.5, 0.6) is 0 Å². The summed E-state index contributed by atoms with van der Waals surface area (Å²) in [4.78, 5) is 31.4. The second-order valence-corrected chi connectivity index (χ2v) is 12.0. The van der Waals surface area contributed by atoms with Crippen LogP contribution < -0.4 is 5.32 Å². The summed E-state index contributed by atoms with van der Waals surface area (Å²) in [5.41, 5.74) is 5.67. The largest absolute Gasteiger partial charge is 0.465 e. The molecule has 3 aromatic rings. The molecule has 2 heterocycles. The number of thioether (sulfide) groups is 1. The Labute approximate surface area is 231 Å². The van der Waals surface area contributed by atoms with Gasteiger partial charge in [0, 0.05) is 22.7 Å². The number of hydrogen-bond donors (Lipinski definition) is 1. The molecule has 0 saturated heterocycles. The van der Waals surface area contributed by atoms with Crippen LogP contribution in [0.3, 0.4) is 0 Å². The first-order valence-electron chi connectivity index (χ1n) is 13.2. The zero-order valence-corrected chi connectivity index (χ0v) is 23.2. The summed E-state index contributed by atoms with van der Waals surface area (Å²) >= 11 is 2.95. The average Bonchev–Trinajstić information content (AvgIpc) is 3.11. The maximum atomic E-state index is 12.8. The lowest BCUT2D eigenvalue weighted by Gasteiger charge is -2.25. The molecule has 1 aromatic carbocycles. The zero-order valence-electron chi connectivity index (χ0n) is 21.5. The molecule has 1 amide bonds. The molecule has 1 unspecified atom stereocenters. The molecule has 2 aliphatic rings. The topological polar surface area (TPSA) is 92.1 Å². The lowest BCUT2D eigenvalue weighted by molar-refractivity contribution is -0.115. The Bertz CT molecular complexity index is 1380. The van der Waals surface area contributed by atoms with Gasteiger partial charge in [0.2, 0.25) is 5.91 Å². The van der Waals surface area contributed by atoms with Gasteiger partial charge < -0.3 is 10.1 Å². The van der Waals surface area contributed by atoms with E-state index >= 15 is 0 Å². The molecule has 2 aliphatic carbocycles. The van der Waals surface area contributed by atoms with Crippen molar-refractivity contribution in [3.8, 4) is 6.07 Å². The van der Waals surface area contributed by atoms with Crippen molar-refractivity contribution in [1.29, 1.82) is 5.26 Å². The Balaban J connectivity index is 1.23. The van der Waals surface area contributed by atoms with E-state index in [0.29, 0.717) is 32.8 Å². The van der Waals surface area contributed by atoms with Crippen LogP contribution in [0.25, 0.3) is 0 Å². The molecular weight excluding hydrogens is 514 g/mol. The van der Waals surface area contributed by atoms with E-state index in [1.165, 1.54) is 40.6 Å². The number of nitrogens with one attached hydrogen (secondary N) is 1. The third-order valence-electron chi connectivity index (χ3n) is 7.38. The fourth-order valence-electron chi connectivity index (χ4n) is 5.42. The van der Waals surface area contributed by atoms with Gasteiger partial charge in [-0.1, -0.05) is 36.8 Å². The Morgan fingerprint density at radius 3 is 2.79 bits per heavy atom. The van der Waals surface area contributed by atoms with E-state index in [0.717, 1.165) is 68.2 Å². The van der Waals surface area contributed by atoms with E-state index in [-0.39, 0.29) is 18.3 Å². The molecule has 1 N–H and O–H groups in total. The van der Waals surface area contributed by atoms with E-state index in [1.807, 2.05) is 12.1 Å². The second kappa shape index (κ2) is 12.1. The highest BCUT2D eigenvalue weighted by Gasteiger charge is 2.27. The molecule has 0 spiro atoms. The van der Waals surface area contributed by atoms with Gasteiger partial charge in [0.15, 0.2) is 0 Å². The summed E-state index contributed by atoms with van der Waals surface area (Å²) in [5, 5.41) is 14.0. The van der Waals surface area contributed by atoms with Gasteiger partial charge in [-0.15, -0.1) is 23.1 Å². The van der Waals surface area contributed by atoms with E-state index in [4.69, 9.17) is 9.72 Å². The minimum absolute atomic E-state index is 0.152. The molecule has 0 bridgehead atoms. The number of thiophene rings is 1. The standard InChI is InChI=1S/C30H31N3O3S2/c1-36-30(35)27-23-10-6-3-7-11-25(23)38-29(27)33-26(34)14-15-37-28-22(18-31)17-21-16-20(12-13-24(21)32-28)19-8-4-2-5-9-19/h2,4-5,8-9,17,20H,3,6-7,10-16H2,1H3,(H,33,34). The Morgan fingerprint density at radius 2 is 2.00 bits per heavy atom. The van der Waals surface area contributed by atoms with E-state index < -0.39 is 0 Å². The van der Waals surface area contributed by atoms with E-state index in [1.54, 1.807) is 0 Å². The van der Waals surface area contributed by atoms with E-state index in [9.17, 15) is 14.9 Å². The van der Waals surface area contributed by atoms with Crippen LogP contribution in [0.15, 0.2) is 41.4 Å². The molecule has 1 atom stereocenters. The predicted molar refractivity (Wildman–Crippen MR) is 151 cm³/mol. The molecule has 38 heavy (non-hydrogen) atoms. The fourth-order valence-corrected chi connectivity index (χ4v) is 7.63. The monoisotopic (exact) mass is 545 g/mol. The first-order chi connectivity index (χ1) is 18.6. The number of hydrogen-bond acceptors (Lipinski definition) is 7. The number of aryl methyl sites for hydroxylation is 2. The fraction of sp³-hybridized carbons (Fsp3) is 0.400. The van der Waals surface area contributed by atoms with Gasteiger partial charge in [0.1, 0.15) is 16.1 Å². The van der Waals surface area contributed by atoms with Gasteiger partial charge >= 0.3 is 5.97 Å². The number of benzene rings is 1. The Hall–Kier alpha value is -3.15. The van der Waals surface area contributed by atoms with Gasteiger partial charge in [-0.3, -0.25) is 4.79 Å². The molecule has 0 radical (unpaired) electrons. The number of aromatic nitrogens is 1. The number of fused-ring (bicyclic) bond motifs is 2. The summed E-state index contributed by atoms with van der Waals surface area (Å²) in [6.07, 6.45) is 8.13. The van der Waals surface area contributed by atoms with Gasteiger partial charge in [-0.2, -0.15) is 5.26 Å². The van der Waals surface area contributed by atoms with Crippen LogP contribution in [0.4, 0.5) is 5.00 Å². The van der Waals surface area contributed by atoms with Crippen LogP contribution in [0.2, 0.25) is 0 Å². The molecular formula is C30H31N3O3S2. The van der Waals surface area contributed by atoms with Crippen molar-refractivity contribution >= 4 is 40.0 Å². The van der Waals surface area contributed by atoms with Crippen LogP contribution in [0, 0.1) is 11.3 Å². The summed E-state index contributed by atoms with van der Waals surface area (Å²) in [6, 6.07) is 14.8. The number of carbonyl (C=O) groups is 2. The number of carbonyl (C=O) groups excluding carboxylic acids is 2. The molecule has 2 aromatic heterocycles. The molecule has 8 heteroatoms. The SMILES string of the molecule is COC(=O)c1c(NC(=O)CCSc2nc3c(cc2C#N)CC(c2ccccc2)CC3)sc2c1CCCCC2. The zero-order chi connectivity index (χ0) is 26.5. The Kier molecular flexibility index (Phi) is 8.45. The molecule has 0 aliphatic heterocycles. The first-order valence-corrected chi connectivity index (χ1v) is 15.0. The number of anilines is 1. The number of ether oxygens (including phenoxy) is 1. The summed E-state index contributed by atoms with van der Waals surface area (Å²) in [5.74, 6) is 0.403. The minimum Gasteiger partial charge on any atom is -0.465 e. The van der Waals surface area contributed by atoms with Crippen molar-refractivity contribution < 1.29 is 14.3 Å². The van der Waals surface area contributed by atoms with Gasteiger partial charge in [0.25, 0.3) is 0 Å². The Morgan fingerprint density at radius 1 is 1.18 bits per heavy atom. The molecule has 5 rings (SSSR count). The first kappa shape index (κ1) is 26.5. The van der Waals surface area contributed by atoms with Crippen molar-refractivity contribution in [3.05, 3.63) is 74.8 Å². The summed E-state index contributed by atoms with van der Waals surface area (Å²) in [7, 11) is 1.38. The highest BCUT2D eigenvalue weighted by molar-refractivity contribution is 7.99.